The summed E-state index contributed by atoms with van der Waals surface area (Å²) in [5.41, 5.74) is 0. The van der Waals surface area contributed by atoms with Crippen LogP contribution in [0.3, 0.4) is 0 Å². The van der Waals surface area contributed by atoms with Crippen molar-refractivity contribution < 1.29 is 9.53 Å². The van der Waals surface area contributed by atoms with E-state index in [1.165, 1.54) is 0 Å². The molecule has 2 amide bonds. The van der Waals surface area contributed by atoms with Gasteiger partial charge in [-0.15, -0.1) is 0 Å². The quantitative estimate of drug-likeness (QED) is 0.801. The van der Waals surface area contributed by atoms with Gasteiger partial charge in [0.15, 0.2) is 0 Å². The lowest BCUT2D eigenvalue weighted by Crippen LogP contribution is -2.52. The van der Waals surface area contributed by atoms with Crippen LogP contribution in [-0.4, -0.2) is 86.4 Å². The first-order valence-corrected chi connectivity index (χ1v) is 8.82. The molecule has 3 heterocycles. The molecule has 2 aliphatic heterocycles. The Labute approximate surface area is 143 Å². The molecule has 0 saturated carbocycles. The number of nitrogens with one attached hydrogen (secondary N) is 1. The zero-order chi connectivity index (χ0) is 16.6. The summed E-state index contributed by atoms with van der Waals surface area (Å²) in [4.78, 5) is 23.1. The molecule has 0 aliphatic carbocycles. The van der Waals surface area contributed by atoms with Gasteiger partial charge in [-0.1, -0.05) is 6.07 Å². The average Bonchev–Trinajstić information content (AvgIpc) is 2.67. The number of aromatic nitrogens is 1. The Morgan fingerprint density at radius 1 is 1.12 bits per heavy atom. The van der Waals surface area contributed by atoms with Crippen molar-refractivity contribution in [2.24, 2.45) is 0 Å². The fourth-order valence-electron chi connectivity index (χ4n) is 3.11. The predicted octanol–water partition coefficient (Wildman–Crippen LogP) is 0.636. The molecule has 132 valence electrons. The summed E-state index contributed by atoms with van der Waals surface area (Å²) in [7, 11) is 0. The third-order valence-corrected chi connectivity index (χ3v) is 4.57. The molecular weight excluding hydrogens is 306 g/mol. The Morgan fingerprint density at radius 2 is 1.92 bits per heavy atom. The van der Waals surface area contributed by atoms with Crippen molar-refractivity contribution >= 4 is 11.8 Å². The second-order valence-electron chi connectivity index (χ2n) is 6.20. The Kier molecular flexibility index (Phi) is 6.26. The Morgan fingerprint density at radius 3 is 2.62 bits per heavy atom. The van der Waals surface area contributed by atoms with Crippen molar-refractivity contribution in [3.63, 3.8) is 0 Å². The van der Waals surface area contributed by atoms with E-state index in [2.05, 4.69) is 20.1 Å². The molecule has 7 nitrogen and oxygen atoms in total. The molecule has 2 fully saturated rings. The first kappa shape index (κ1) is 17.0. The Bertz CT molecular complexity index is 499. The molecule has 0 aromatic carbocycles. The maximum absolute atomic E-state index is 12.2. The predicted molar refractivity (Wildman–Crippen MR) is 93.3 cm³/mol. The maximum Gasteiger partial charge on any atom is 0.317 e. The van der Waals surface area contributed by atoms with Gasteiger partial charge < -0.3 is 19.9 Å². The highest BCUT2D eigenvalue weighted by molar-refractivity contribution is 5.74. The lowest BCUT2D eigenvalue weighted by atomic mass is 10.3. The molecule has 7 heteroatoms. The number of piperazine rings is 1. The molecule has 1 N–H and O–H groups in total. The first-order chi connectivity index (χ1) is 11.8. The van der Waals surface area contributed by atoms with E-state index in [4.69, 9.17) is 4.74 Å². The van der Waals surface area contributed by atoms with Gasteiger partial charge in [0.25, 0.3) is 0 Å². The second kappa shape index (κ2) is 8.84. The molecule has 1 aromatic heterocycles. The highest BCUT2D eigenvalue weighted by Crippen LogP contribution is 2.12. The van der Waals surface area contributed by atoms with Crippen molar-refractivity contribution in [2.75, 3.05) is 70.5 Å². The van der Waals surface area contributed by atoms with E-state index in [-0.39, 0.29) is 6.03 Å². The summed E-state index contributed by atoms with van der Waals surface area (Å²) in [6, 6.07) is 5.99. The number of hydrogen-bond donors (Lipinski definition) is 1. The van der Waals surface area contributed by atoms with Crippen LogP contribution in [0.2, 0.25) is 0 Å². The van der Waals surface area contributed by atoms with E-state index in [0.29, 0.717) is 0 Å². The highest BCUT2D eigenvalue weighted by Gasteiger charge is 2.21. The van der Waals surface area contributed by atoms with E-state index in [9.17, 15) is 4.79 Å². The molecule has 0 atom stereocenters. The van der Waals surface area contributed by atoms with Crippen LogP contribution < -0.4 is 10.2 Å². The molecule has 24 heavy (non-hydrogen) atoms. The molecule has 0 spiro atoms. The molecule has 2 aliphatic rings. The number of anilines is 1. The lowest BCUT2D eigenvalue weighted by molar-refractivity contribution is 0.0375. The van der Waals surface area contributed by atoms with E-state index >= 15 is 0 Å². The second-order valence-corrected chi connectivity index (χ2v) is 6.20. The van der Waals surface area contributed by atoms with Crippen LogP contribution in [0.4, 0.5) is 10.6 Å². The summed E-state index contributed by atoms with van der Waals surface area (Å²) < 4.78 is 5.34. The number of carbonyl (C=O) groups is 1. The average molecular weight is 333 g/mol. The Balaban J connectivity index is 1.32. The van der Waals surface area contributed by atoms with Gasteiger partial charge in [-0.3, -0.25) is 4.90 Å². The van der Waals surface area contributed by atoms with Crippen LogP contribution in [0.1, 0.15) is 6.42 Å². The van der Waals surface area contributed by atoms with Gasteiger partial charge in [0, 0.05) is 52.0 Å². The lowest BCUT2D eigenvalue weighted by Gasteiger charge is -2.35. The smallest absolute Gasteiger partial charge is 0.317 e. The number of rotatable bonds is 5. The molecule has 0 radical (unpaired) electrons. The summed E-state index contributed by atoms with van der Waals surface area (Å²) in [5.74, 6) is 0.989. The van der Waals surface area contributed by atoms with Crippen molar-refractivity contribution in [1.29, 1.82) is 0 Å². The zero-order valence-electron chi connectivity index (χ0n) is 14.2. The van der Waals surface area contributed by atoms with E-state index in [1.807, 2.05) is 29.3 Å². The van der Waals surface area contributed by atoms with E-state index in [1.54, 1.807) is 0 Å². The van der Waals surface area contributed by atoms with Gasteiger partial charge >= 0.3 is 6.03 Å². The molecule has 0 unspecified atom stereocenters. The minimum absolute atomic E-state index is 0.0534. The number of pyridine rings is 1. The third-order valence-electron chi connectivity index (χ3n) is 4.57. The molecule has 1 aromatic rings. The van der Waals surface area contributed by atoms with Gasteiger partial charge in [-0.05, 0) is 25.1 Å². The van der Waals surface area contributed by atoms with Crippen LogP contribution in [0, 0.1) is 0 Å². The van der Waals surface area contributed by atoms with Crippen LogP contribution in [0.5, 0.6) is 0 Å². The molecular formula is C17H27N5O2. The van der Waals surface area contributed by atoms with Crippen molar-refractivity contribution in [3.8, 4) is 0 Å². The third kappa shape index (κ3) is 4.82. The largest absolute Gasteiger partial charge is 0.379 e. The molecule has 3 rings (SSSR count). The van der Waals surface area contributed by atoms with Gasteiger partial charge in [0.05, 0.1) is 13.2 Å². The minimum atomic E-state index is 0.0534. The van der Waals surface area contributed by atoms with Gasteiger partial charge in [0.2, 0.25) is 0 Å². The monoisotopic (exact) mass is 333 g/mol. The van der Waals surface area contributed by atoms with Gasteiger partial charge in [0.1, 0.15) is 5.82 Å². The number of hydrogen-bond acceptors (Lipinski definition) is 5. The van der Waals surface area contributed by atoms with Crippen LogP contribution >= 0.6 is 0 Å². The summed E-state index contributed by atoms with van der Waals surface area (Å²) in [6.07, 6.45) is 2.79. The number of carbonyl (C=O) groups excluding carboxylic acids is 1. The van der Waals surface area contributed by atoms with E-state index < -0.39 is 0 Å². The van der Waals surface area contributed by atoms with Gasteiger partial charge in [-0.25, -0.2) is 9.78 Å². The summed E-state index contributed by atoms with van der Waals surface area (Å²) in [6.45, 7) is 8.56. The van der Waals surface area contributed by atoms with Gasteiger partial charge in [-0.2, -0.15) is 0 Å². The van der Waals surface area contributed by atoms with Crippen LogP contribution in [0.15, 0.2) is 24.4 Å². The highest BCUT2D eigenvalue weighted by atomic mass is 16.5. The Hall–Kier alpha value is -1.86. The number of ether oxygens (including phenoxy) is 1. The van der Waals surface area contributed by atoms with Crippen molar-refractivity contribution in [1.82, 2.24) is 20.1 Å². The fourth-order valence-corrected chi connectivity index (χ4v) is 3.11. The number of urea groups is 1. The minimum Gasteiger partial charge on any atom is -0.379 e. The number of nitrogens with zero attached hydrogens (tertiary/aromatic N) is 4. The fraction of sp³-hybridized carbons (Fsp3) is 0.647. The maximum atomic E-state index is 12.2. The molecule has 2 saturated heterocycles. The van der Waals surface area contributed by atoms with E-state index in [0.717, 1.165) is 77.8 Å². The standard InChI is InChI=1S/C17H27N5O2/c23-17(19-6-3-7-20-12-14-24-15-13-20)22-10-8-21(9-11-22)16-4-1-2-5-18-16/h1-2,4-5H,3,6-15H2,(H,19,23). The van der Waals surface area contributed by atoms with Crippen molar-refractivity contribution in [3.05, 3.63) is 24.4 Å². The van der Waals surface area contributed by atoms with Crippen LogP contribution in [-0.2, 0) is 4.74 Å². The number of amides is 2. The van der Waals surface area contributed by atoms with Crippen LogP contribution in [0.25, 0.3) is 0 Å². The first-order valence-electron chi connectivity index (χ1n) is 8.82. The number of morpholine rings is 1. The SMILES string of the molecule is O=C(NCCCN1CCOCC1)N1CCN(c2ccccn2)CC1. The summed E-state index contributed by atoms with van der Waals surface area (Å²) >= 11 is 0. The van der Waals surface area contributed by atoms with Crippen molar-refractivity contribution in [2.45, 2.75) is 6.42 Å². The normalized spacial score (nSPS) is 19.3. The zero-order valence-corrected chi connectivity index (χ0v) is 14.2. The topological polar surface area (TPSA) is 60.9 Å². The molecule has 0 bridgehead atoms. The summed E-state index contributed by atoms with van der Waals surface area (Å²) in [5, 5.41) is 3.04.